The van der Waals surface area contributed by atoms with Gasteiger partial charge in [-0.05, 0) is 12.3 Å². The van der Waals surface area contributed by atoms with Gasteiger partial charge in [0.25, 0.3) is 0 Å². The second-order valence-corrected chi connectivity index (χ2v) is 4.19. The van der Waals surface area contributed by atoms with Crippen LogP contribution in [0.15, 0.2) is 6.20 Å². The molecule has 0 radical (unpaired) electrons. The zero-order valence-electron chi connectivity index (χ0n) is 10.0. The van der Waals surface area contributed by atoms with Crippen molar-refractivity contribution >= 4 is 5.97 Å². The number of rotatable bonds is 5. The molecule has 5 nitrogen and oxygen atoms in total. The Morgan fingerprint density at radius 1 is 1.82 bits per heavy atom. The van der Waals surface area contributed by atoms with Crippen LogP contribution in [0.25, 0.3) is 0 Å². The van der Waals surface area contributed by atoms with Crippen molar-refractivity contribution in [3.63, 3.8) is 0 Å². The third kappa shape index (κ3) is 2.86. The van der Waals surface area contributed by atoms with Crippen LogP contribution in [-0.4, -0.2) is 26.6 Å². The molecular formula is C12H17N3O2. The molecule has 1 rings (SSSR count). The lowest BCUT2D eigenvalue weighted by Gasteiger charge is -2.16. The Labute approximate surface area is 100 Å². The van der Waals surface area contributed by atoms with E-state index in [9.17, 15) is 4.79 Å². The molecule has 1 aromatic heterocycles. The zero-order valence-corrected chi connectivity index (χ0v) is 10.0. The lowest BCUT2D eigenvalue weighted by Crippen LogP contribution is -2.48. The van der Waals surface area contributed by atoms with E-state index < -0.39 is 11.5 Å². The molecule has 0 fully saturated rings. The highest BCUT2D eigenvalue weighted by atomic mass is 16.4. The molecule has 1 aromatic rings. The Bertz CT molecular complexity index is 447. The smallest absolute Gasteiger partial charge is 0.336 e. The lowest BCUT2D eigenvalue weighted by molar-refractivity contribution is -0.141. The maximum Gasteiger partial charge on any atom is 0.336 e. The Hall–Kier alpha value is -1.80. The van der Waals surface area contributed by atoms with Crippen LogP contribution < -0.4 is 5.73 Å². The van der Waals surface area contributed by atoms with Gasteiger partial charge >= 0.3 is 5.97 Å². The van der Waals surface area contributed by atoms with Gasteiger partial charge in [-0.25, -0.2) is 9.78 Å². The molecule has 0 saturated heterocycles. The van der Waals surface area contributed by atoms with Crippen LogP contribution in [0, 0.1) is 12.3 Å². The number of terminal acetylenes is 1. The first kappa shape index (κ1) is 13.3. The second kappa shape index (κ2) is 5.02. The fourth-order valence-electron chi connectivity index (χ4n) is 1.39. The highest BCUT2D eigenvalue weighted by molar-refractivity contribution is 5.83. The molecule has 0 bridgehead atoms. The maximum absolute atomic E-state index is 10.9. The summed E-state index contributed by atoms with van der Waals surface area (Å²) in [5, 5.41) is 8.95. The number of carbonyl (C=O) groups is 1. The third-order valence-electron chi connectivity index (χ3n) is 2.88. The first-order valence-corrected chi connectivity index (χ1v) is 5.46. The van der Waals surface area contributed by atoms with Gasteiger partial charge in [0.15, 0.2) is 5.54 Å². The monoisotopic (exact) mass is 235 g/mol. The number of nitrogens with one attached hydrogen (secondary N) is 1. The van der Waals surface area contributed by atoms with Crippen molar-refractivity contribution in [2.24, 2.45) is 5.73 Å². The number of nitrogens with two attached hydrogens (primary N) is 1. The van der Waals surface area contributed by atoms with Crippen LogP contribution in [0.5, 0.6) is 0 Å². The van der Waals surface area contributed by atoms with Crippen molar-refractivity contribution in [1.29, 1.82) is 0 Å². The number of nitrogens with zero attached hydrogens (tertiary/aromatic N) is 1. The second-order valence-electron chi connectivity index (χ2n) is 4.19. The molecule has 92 valence electrons. The Morgan fingerprint density at radius 3 is 2.94 bits per heavy atom. The van der Waals surface area contributed by atoms with E-state index in [0.29, 0.717) is 11.7 Å². The molecular weight excluding hydrogens is 218 g/mol. The lowest BCUT2D eigenvalue weighted by atomic mass is 9.98. The molecule has 2 unspecified atom stereocenters. The molecule has 0 aromatic carbocycles. The molecule has 4 N–H and O–H groups in total. The standard InChI is InChI=1S/C12H17N3O2/c1-4-8(3)9-7-14-10(15-9)6-12(13,5-2)11(16)17/h2,7-8H,4,6,13H2,1,3H3,(H,14,15)(H,16,17). The van der Waals surface area contributed by atoms with Gasteiger partial charge in [-0.3, -0.25) is 0 Å². The van der Waals surface area contributed by atoms with Gasteiger partial charge in [-0.2, -0.15) is 0 Å². The quantitative estimate of drug-likeness (QED) is 0.661. The Kier molecular flexibility index (Phi) is 3.92. The van der Waals surface area contributed by atoms with E-state index in [-0.39, 0.29) is 6.42 Å². The summed E-state index contributed by atoms with van der Waals surface area (Å²) in [7, 11) is 0. The van der Waals surface area contributed by atoms with Gasteiger partial charge in [0.1, 0.15) is 5.82 Å². The van der Waals surface area contributed by atoms with Crippen molar-refractivity contribution in [3.8, 4) is 12.3 Å². The van der Waals surface area contributed by atoms with E-state index in [4.69, 9.17) is 17.3 Å². The highest BCUT2D eigenvalue weighted by Gasteiger charge is 2.33. The van der Waals surface area contributed by atoms with Gasteiger partial charge in [-0.15, -0.1) is 6.42 Å². The Morgan fingerprint density at radius 2 is 2.47 bits per heavy atom. The van der Waals surface area contributed by atoms with Crippen LogP contribution in [0.2, 0.25) is 0 Å². The predicted molar refractivity (Wildman–Crippen MR) is 64.4 cm³/mol. The van der Waals surface area contributed by atoms with E-state index >= 15 is 0 Å². The molecule has 17 heavy (non-hydrogen) atoms. The molecule has 1 heterocycles. The van der Waals surface area contributed by atoms with E-state index in [1.165, 1.54) is 0 Å². The summed E-state index contributed by atoms with van der Waals surface area (Å²) in [6.45, 7) is 4.13. The minimum Gasteiger partial charge on any atom is -0.479 e. The van der Waals surface area contributed by atoms with Crippen molar-refractivity contribution < 1.29 is 9.90 Å². The van der Waals surface area contributed by atoms with Gasteiger partial charge < -0.3 is 15.8 Å². The molecule has 0 aliphatic rings. The van der Waals surface area contributed by atoms with Gasteiger partial charge in [-0.1, -0.05) is 19.8 Å². The number of hydrogen-bond donors (Lipinski definition) is 3. The molecule has 2 atom stereocenters. The van der Waals surface area contributed by atoms with Crippen molar-refractivity contribution in [2.75, 3.05) is 0 Å². The number of aromatic amines is 1. The van der Waals surface area contributed by atoms with Crippen LogP contribution in [0.4, 0.5) is 0 Å². The number of carboxylic acids is 1. The molecule has 0 spiro atoms. The number of hydrogen-bond acceptors (Lipinski definition) is 3. The maximum atomic E-state index is 10.9. The van der Waals surface area contributed by atoms with Crippen LogP contribution in [-0.2, 0) is 11.2 Å². The summed E-state index contributed by atoms with van der Waals surface area (Å²) in [4.78, 5) is 18.1. The normalized spacial score (nSPS) is 15.9. The summed E-state index contributed by atoms with van der Waals surface area (Å²) >= 11 is 0. The molecule has 5 heteroatoms. The molecule has 0 saturated carbocycles. The topological polar surface area (TPSA) is 92.0 Å². The van der Waals surface area contributed by atoms with Crippen LogP contribution in [0.1, 0.15) is 37.7 Å². The molecule has 0 amide bonds. The van der Waals surface area contributed by atoms with E-state index in [1.54, 1.807) is 6.20 Å². The van der Waals surface area contributed by atoms with Crippen molar-refractivity contribution in [3.05, 3.63) is 17.7 Å². The molecule has 0 aliphatic carbocycles. The number of imidazole rings is 1. The predicted octanol–water partition coefficient (Wildman–Crippen LogP) is 0.881. The average molecular weight is 235 g/mol. The van der Waals surface area contributed by atoms with Crippen molar-refractivity contribution in [1.82, 2.24) is 9.97 Å². The zero-order chi connectivity index (χ0) is 13.1. The van der Waals surface area contributed by atoms with Gasteiger partial charge in [0.05, 0.1) is 0 Å². The fourth-order valence-corrected chi connectivity index (χ4v) is 1.39. The van der Waals surface area contributed by atoms with Crippen LogP contribution in [0.3, 0.4) is 0 Å². The summed E-state index contributed by atoms with van der Waals surface area (Å²) in [6.07, 6.45) is 7.82. The largest absolute Gasteiger partial charge is 0.479 e. The van der Waals surface area contributed by atoms with E-state index in [0.717, 1.165) is 12.1 Å². The van der Waals surface area contributed by atoms with Gasteiger partial charge in [0.2, 0.25) is 0 Å². The fraction of sp³-hybridized carbons (Fsp3) is 0.500. The van der Waals surface area contributed by atoms with Crippen LogP contribution >= 0.6 is 0 Å². The average Bonchev–Trinajstić information content (AvgIpc) is 2.75. The first-order chi connectivity index (χ1) is 7.92. The number of aliphatic carboxylic acids is 1. The SMILES string of the molecule is C#CC(N)(Cc1ncc(C(C)CC)[nH]1)C(=O)O. The minimum absolute atomic E-state index is 0.00469. The van der Waals surface area contributed by atoms with Gasteiger partial charge in [0, 0.05) is 18.3 Å². The van der Waals surface area contributed by atoms with Crippen molar-refractivity contribution in [2.45, 2.75) is 38.1 Å². The number of carboxylic acid groups (broad SMARTS) is 1. The van der Waals surface area contributed by atoms with E-state index in [2.05, 4.69) is 29.7 Å². The third-order valence-corrected chi connectivity index (χ3v) is 2.88. The first-order valence-electron chi connectivity index (χ1n) is 5.46. The number of H-pyrrole nitrogens is 1. The summed E-state index contributed by atoms with van der Waals surface area (Å²) < 4.78 is 0. The summed E-state index contributed by atoms with van der Waals surface area (Å²) in [6, 6.07) is 0. The minimum atomic E-state index is -1.70. The highest BCUT2D eigenvalue weighted by Crippen LogP contribution is 2.17. The molecule has 0 aliphatic heterocycles. The summed E-state index contributed by atoms with van der Waals surface area (Å²) in [5.41, 5.74) is 4.86. The Balaban J connectivity index is 2.86. The number of aromatic nitrogens is 2. The van der Waals surface area contributed by atoms with E-state index in [1.807, 2.05) is 0 Å². The summed E-state index contributed by atoms with van der Waals surface area (Å²) in [5.74, 6) is 1.73.